The number of fused-ring (bicyclic) bond motifs is 11. The maximum atomic E-state index is 4.14. The fourth-order valence-electron chi connectivity index (χ4n) is 7.63. The first-order chi connectivity index (χ1) is 22.5. The van der Waals surface area contributed by atoms with Gasteiger partial charge in [-0.3, -0.25) is 0 Å². The fraction of sp³-hybridized carbons (Fsp3) is 0.0667. The van der Waals surface area contributed by atoms with Crippen LogP contribution in [0.5, 0.6) is 0 Å². The second-order valence-corrected chi connectivity index (χ2v) is 13.6. The highest BCUT2D eigenvalue weighted by Gasteiger charge is 2.51. The van der Waals surface area contributed by atoms with E-state index in [1.165, 1.54) is 76.2 Å². The number of benzene rings is 6. The molecular weight excluding hydrogens is 573 g/mol. The van der Waals surface area contributed by atoms with Crippen LogP contribution >= 0.6 is 11.3 Å². The van der Waals surface area contributed by atoms with Crippen LogP contribution in [0.15, 0.2) is 159 Å². The number of hydrogen-bond donors (Lipinski definition) is 0. The van der Waals surface area contributed by atoms with Crippen molar-refractivity contribution < 1.29 is 0 Å². The quantitative estimate of drug-likeness (QED) is 0.176. The van der Waals surface area contributed by atoms with Gasteiger partial charge in [-0.1, -0.05) is 134 Å². The van der Waals surface area contributed by atoms with Crippen LogP contribution < -0.4 is 0 Å². The Morgan fingerprint density at radius 1 is 0.565 bits per heavy atom. The van der Waals surface area contributed by atoms with Crippen molar-refractivity contribution in [3.05, 3.63) is 197 Å². The fourth-order valence-corrected chi connectivity index (χ4v) is 8.63. The lowest BCUT2D eigenvalue weighted by atomic mass is 9.70. The van der Waals surface area contributed by atoms with Crippen molar-refractivity contribution >= 4 is 27.0 Å². The maximum Gasteiger partial charge on any atom is 0.0725 e. The van der Waals surface area contributed by atoms with Crippen molar-refractivity contribution in [1.82, 2.24) is 0 Å². The Hall–Kier alpha value is -5.24. The van der Waals surface area contributed by atoms with Crippen molar-refractivity contribution in [2.45, 2.75) is 19.3 Å². The normalized spacial score (nSPS) is 12.9. The lowest BCUT2D eigenvalue weighted by molar-refractivity contribution is 0.794. The van der Waals surface area contributed by atoms with Gasteiger partial charge in [0.1, 0.15) is 0 Å². The van der Waals surface area contributed by atoms with E-state index in [1.54, 1.807) is 0 Å². The number of aryl methyl sites for hydroxylation is 2. The molecule has 0 aliphatic heterocycles. The Morgan fingerprint density at radius 2 is 1.13 bits per heavy atom. The Labute approximate surface area is 275 Å². The van der Waals surface area contributed by atoms with Gasteiger partial charge in [0.05, 0.1) is 5.41 Å². The third-order valence-corrected chi connectivity index (χ3v) is 10.7. The lowest BCUT2D eigenvalue weighted by Gasteiger charge is -2.30. The average molecular weight is 607 g/mol. The first-order valence-electron chi connectivity index (χ1n) is 15.8. The summed E-state index contributed by atoms with van der Waals surface area (Å²) < 4.78 is 1.41. The van der Waals surface area contributed by atoms with E-state index < -0.39 is 0 Å². The van der Waals surface area contributed by atoms with E-state index in [2.05, 4.69) is 167 Å². The summed E-state index contributed by atoms with van der Waals surface area (Å²) in [7, 11) is 0. The van der Waals surface area contributed by atoms with Crippen LogP contribution in [0.1, 0.15) is 38.3 Å². The van der Waals surface area contributed by atoms with Crippen molar-refractivity contribution in [3.8, 4) is 33.4 Å². The van der Waals surface area contributed by atoms with E-state index in [1.807, 2.05) is 17.4 Å². The summed E-state index contributed by atoms with van der Waals surface area (Å²) >= 11 is 1.87. The van der Waals surface area contributed by atoms with Crippen LogP contribution in [0.4, 0.5) is 0 Å². The minimum atomic E-state index is -0.281. The van der Waals surface area contributed by atoms with Gasteiger partial charge in [0.2, 0.25) is 0 Å². The summed E-state index contributed by atoms with van der Waals surface area (Å²) in [6.45, 7) is 12.3. The van der Waals surface area contributed by atoms with E-state index in [0.29, 0.717) is 0 Å². The largest absolute Gasteiger partial charge is 0.141 e. The first-order valence-corrected chi connectivity index (χ1v) is 16.6. The molecule has 220 valence electrons. The van der Waals surface area contributed by atoms with Gasteiger partial charge in [-0.2, -0.15) is 0 Å². The van der Waals surface area contributed by atoms with E-state index in [4.69, 9.17) is 0 Å². The number of rotatable bonds is 3. The van der Waals surface area contributed by atoms with Gasteiger partial charge in [-0.25, -0.2) is 0 Å². The second-order valence-electron chi connectivity index (χ2n) is 12.3. The Kier molecular flexibility index (Phi) is 6.74. The molecule has 1 heterocycles. The minimum absolute atomic E-state index is 0.281. The summed E-state index contributed by atoms with van der Waals surface area (Å²) in [5.41, 5.74) is 16.4. The zero-order chi connectivity index (χ0) is 31.4. The zero-order valence-corrected chi connectivity index (χ0v) is 27.0. The van der Waals surface area contributed by atoms with Gasteiger partial charge in [0.25, 0.3) is 0 Å². The molecule has 0 unspecified atom stereocenters. The third kappa shape index (κ3) is 4.20. The van der Waals surface area contributed by atoms with Crippen molar-refractivity contribution in [1.29, 1.82) is 0 Å². The molecule has 0 fully saturated rings. The molecule has 0 atom stereocenters. The zero-order valence-electron chi connectivity index (χ0n) is 26.2. The van der Waals surface area contributed by atoms with Crippen LogP contribution in [0.3, 0.4) is 0 Å². The highest BCUT2D eigenvalue weighted by Crippen LogP contribution is 2.62. The molecule has 46 heavy (non-hydrogen) atoms. The predicted octanol–water partition coefficient (Wildman–Crippen LogP) is 12.4. The predicted molar refractivity (Wildman–Crippen MR) is 199 cm³/mol. The molecule has 1 spiro atoms. The summed E-state index contributed by atoms with van der Waals surface area (Å²) in [5.74, 6) is 0. The number of thiophene rings is 1. The Bertz CT molecular complexity index is 2280. The summed E-state index contributed by atoms with van der Waals surface area (Å²) in [4.78, 5) is 1.40. The molecule has 0 saturated carbocycles. The molecule has 2 aliphatic rings. The minimum Gasteiger partial charge on any atom is -0.141 e. The molecule has 0 amide bonds. The SMILES string of the molecule is C=CC(=C)c1cccc(-c2ccc3c(c2)-c2ccccc2C32c3ccccc3-c3ccccc32)c1.Cc1cc2c(C)cccc2s1. The highest BCUT2D eigenvalue weighted by atomic mass is 32.1. The van der Waals surface area contributed by atoms with Gasteiger partial charge < -0.3 is 0 Å². The summed E-state index contributed by atoms with van der Waals surface area (Å²) in [5, 5.41) is 1.41. The van der Waals surface area contributed by atoms with E-state index in [0.717, 1.165) is 11.1 Å². The van der Waals surface area contributed by atoms with Crippen molar-refractivity contribution in [2.75, 3.05) is 0 Å². The standard InChI is InChI=1S/C35H24.C10H10S/c1-3-23(2)24-11-10-12-25(21-24)26-19-20-34-30(22-26)29-15-6-9-18-33(29)35(34)31-16-7-4-13-27(31)28-14-5-8-17-32(28)35;1-7-4-3-5-10-9(7)6-8(2)11-10/h3-22H,1-2H2;3-6H,1-2H3. The monoisotopic (exact) mass is 606 g/mol. The molecule has 0 saturated heterocycles. The molecule has 0 nitrogen and oxygen atoms in total. The maximum absolute atomic E-state index is 4.14. The van der Waals surface area contributed by atoms with Gasteiger partial charge in [-0.05, 0) is 116 Å². The van der Waals surface area contributed by atoms with Crippen LogP contribution in [0, 0.1) is 13.8 Å². The molecule has 7 aromatic rings. The Balaban J connectivity index is 0.000000240. The van der Waals surface area contributed by atoms with E-state index in [9.17, 15) is 0 Å². The van der Waals surface area contributed by atoms with Crippen LogP contribution in [0.2, 0.25) is 0 Å². The molecule has 6 aromatic carbocycles. The molecule has 2 aliphatic carbocycles. The van der Waals surface area contributed by atoms with Gasteiger partial charge in [0, 0.05) is 9.58 Å². The first kappa shape index (κ1) is 28.2. The Morgan fingerprint density at radius 3 is 1.76 bits per heavy atom. The van der Waals surface area contributed by atoms with Crippen molar-refractivity contribution in [3.63, 3.8) is 0 Å². The molecule has 1 aromatic heterocycles. The third-order valence-electron chi connectivity index (χ3n) is 9.71. The highest BCUT2D eigenvalue weighted by molar-refractivity contribution is 7.19. The van der Waals surface area contributed by atoms with Crippen LogP contribution in [-0.4, -0.2) is 0 Å². The number of hydrogen-bond acceptors (Lipinski definition) is 1. The topological polar surface area (TPSA) is 0 Å². The molecule has 0 radical (unpaired) electrons. The molecule has 0 N–H and O–H groups in total. The molecular formula is C45H34S. The van der Waals surface area contributed by atoms with Gasteiger partial charge in [-0.15, -0.1) is 11.3 Å². The van der Waals surface area contributed by atoms with Gasteiger partial charge in [0.15, 0.2) is 0 Å². The van der Waals surface area contributed by atoms with E-state index >= 15 is 0 Å². The lowest BCUT2D eigenvalue weighted by Crippen LogP contribution is -2.25. The smallest absolute Gasteiger partial charge is 0.0725 e. The molecule has 1 heteroatoms. The van der Waals surface area contributed by atoms with Crippen molar-refractivity contribution in [2.24, 2.45) is 0 Å². The second kappa shape index (κ2) is 11.0. The number of allylic oxidation sites excluding steroid dienone is 2. The van der Waals surface area contributed by atoms with E-state index in [-0.39, 0.29) is 5.41 Å². The van der Waals surface area contributed by atoms with Crippen LogP contribution in [0.25, 0.3) is 49.0 Å². The summed E-state index contributed by atoms with van der Waals surface area (Å²) in [6, 6.07) is 51.1. The summed E-state index contributed by atoms with van der Waals surface area (Å²) in [6.07, 6.45) is 1.82. The van der Waals surface area contributed by atoms with Gasteiger partial charge >= 0.3 is 0 Å². The molecule has 9 rings (SSSR count). The average Bonchev–Trinajstić information content (AvgIpc) is 3.74. The molecule has 0 bridgehead atoms. The van der Waals surface area contributed by atoms with Crippen LogP contribution in [-0.2, 0) is 5.41 Å².